The maximum atomic E-state index is 12.9. The van der Waals surface area contributed by atoms with E-state index in [-0.39, 0.29) is 31.6 Å². The van der Waals surface area contributed by atoms with E-state index in [9.17, 15) is 60.7 Å². The Morgan fingerprint density at radius 2 is 1.30 bits per heavy atom. The van der Waals surface area contributed by atoms with Crippen LogP contribution < -0.4 is 16.4 Å². The number of amides is 2. The molecule has 19 heteroatoms. The molecule has 6 unspecified atom stereocenters. The number of aliphatic hydroxyl groups is 10. The molecule has 392 valence electrons. The van der Waals surface area contributed by atoms with Crippen molar-refractivity contribution in [2.24, 2.45) is 17.6 Å². The molecule has 19 atom stereocenters. The average molecular weight is 980 g/mol. The number of urea groups is 1. The van der Waals surface area contributed by atoms with Crippen LogP contribution in [0.4, 0.5) is 4.79 Å². The van der Waals surface area contributed by atoms with Crippen LogP contribution in [0.2, 0.25) is 0 Å². The molecular formula is C50H81N3O16. The van der Waals surface area contributed by atoms with Crippen LogP contribution in [0.25, 0.3) is 0 Å². The number of hydrogen-bond acceptors (Lipinski definition) is 17. The summed E-state index contributed by atoms with van der Waals surface area (Å²) in [5, 5.41) is 115. The summed E-state index contributed by atoms with van der Waals surface area (Å²) >= 11 is 0. The molecule has 0 aliphatic carbocycles. The average Bonchev–Trinajstić information content (AvgIpc) is 3.28. The summed E-state index contributed by atoms with van der Waals surface area (Å²) in [6, 6.07) is -2.87. The first kappa shape index (κ1) is 59.7. The van der Waals surface area contributed by atoms with Crippen LogP contribution in [-0.2, 0) is 23.7 Å². The zero-order chi connectivity index (χ0) is 51.3. The number of nitrogens with one attached hydrogen (secondary N) is 2. The molecule has 2 fully saturated rings. The summed E-state index contributed by atoms with van der Waals surface area (Å²) in [7, 11) is 0. The van der Waals surface area contributed by atoms with Crippen molar-refractivity contribution in [3.05, 3.63) is 85.1 Å². The summed E-state index contributed by atoms with van der Waals surface area (Å²) < 4.78 is 23.7. The van der Waals surface area contributed by atoms with Crippen molar-refractivity contribution in [1.82, 2.24) is 10.6 Å². The van der Waals surface area contributed by atoms with Gasteiger partial charge in [0.1, 0.15) is 12.2 Å². The van der Waals surface area contributed by atoms with Crippen molar-refractivity contribution >= 4 is 12.0 Å². The van der Waals surface area contributed by atoms with Gasteiger partial charge in [-0.25, -0.2) is 4.79 Å². The molecular weight excluding hydrogens is 899 g/mol. The number of ether oxygens (including phenoxy) is 4. The maximum Gasteiger partial charge on any atom is 0.315 e. The third-order valence-corrected chi connectivity index (χ3v) is 12.6. The van der Waals surface area contributed by atoms with Gasteiger partial charge in [-0.2, -0.15) is 0 Å². The number of esters is 1. The molecule has 19 nitrogen and oxygen atoms in total. The van der Waals surface area contributed by atoms with Crippen LogP contribution in [-0.4, -0.2) is 173 Å². The van der Waals surface area contributed by atoms with E-state index >= 15 is 0 Å². The second-order valence-electron chi connectivity index (χ2n) is 18.6. The van der Waals surface area contributed by atoms with Crippen molar-refractivity contribution in [2.45, 2.75) is 196 Å². The molecule has 69 heavy (non-hydrogen) atoms. The maximum absolute atomic E-state index is 12.9. The predicted octanol–water partition coefficient (Wildman–Crippen LogP) is 1.09. The molecule has 2 amide bonds. The molecule has 0 aromatic heterocycles. The smallest absolute Gasteiger partial charge is 0.315 e. The lowest BCUT2D eigenvalue weighted by Crippen LogP contribution is -2.64. The van der Waals surface area contributed by atoms with E-state index in [1.165, 1.54) is 0 Å². The first-order valence-corrected chi connectivity index (χ1v) is 24.2. The number of carbonyl (C=O) groups excluding carboxylic acids is 2. The number of carbonyl (C=O) groups is 2. The van der Waals surface area contributed by atoms with Gasteiger partial charge in [0.2, 0.25) is 0 Å². The van der Waals surface area contributed by atoms with E-state index < -0.39 is 147 Å². The standard InChI is InChI=1S/C50H81N3O16/c1-6-23-52-49(64)53-44-40(59)29-50(65)28-36(56)25-39(58)38(57)22-21-34(54)24-35(55)26-42(60)66-32(4)31(3)45(61)30(2)19-17-15-13-11-9-7-8-10-12-14-16-18-20-37(27-41(44)69-50)68-48-47(63)43(51)46(62)33(5)67-48/h7-20,30-41,43-48,54-59,61-63,65H,6,21-29,51H2,1-5H3,(H2,52,53,64)/b8-7+,11-9+,12-10+,15-13+,16-14+,19-17+,20-18+/t30-,31-,32-,33?,34+,35+,36-,37-,38+,39+,40-,41?,43?,44+,45+,46?,47?,48?,50+/m0/s1. The van der Waals surface area contributed by atoms with E-state index in [1.807, 2.05) is 56.4 Å². The fourth-order valence-electron chi connectivity index (χ4n) is 8.28. The monoisotopic (exact) mass is 980 g/mol. The number of allylic oxidation sites excluding steroid dienone is 12. The fourth-order valence-corrected chi connectivity index (χ4v) is 8.28. The minimum Gasteiger partial charge on any atom is -0.462 e. The van der Waals surface area contributed by atoms with Gasteiger partial charge in [0.15, 0.2) is 12.1 Å². The summed E-state index contributed by atoms with van der Waals surface area (Å²) in [5.74, 6) is -3.68. The Bertz CT molecular complexity index is 1740. The molecule has 3 rings (SSSR count). The van der Waals surface area contributed by atoms with Crippen LogP contribution in [0, 0.1) is 11.8 Å². The van der Waals surface area contributed by atoms with Crippen molar-refractivity contribution in [1.29, 1.82) is 0 Å². The predicted molar refractivity (Wildman–Crippen MR) is 256 cm³/mol. The Hall–Kier alpha value is -3.64. The molecule has 3 aliphatic heterocycles. The van der Waals surface area contributed by atoms with Crippen LogP contribution >= 0.6 is 0 Å². The van der Waals surface area contributed by atoms with Crippen molar-refractivity contribution in [3.63, 3.8) is 0 Å². The number of fused-ring (bicyclic) bond motifs is 2. The summed E-state index contributed by atoms with van der Waals surface area (Å²) in [4.78, 5) is 25.6. The van der Waals surface area contributed by atoms with Crippen LogP contribution in [0.15, 0.2) is 85.1 Å². The second-order valence-corrected chi connectivity index (χ2v) is 18.6. The van der Waals surface area contributed by atoms with E-state index in [4.69, 9.17) is 24.7 Å². The fraction of sp³-hybridized carbons (Fsp3) is 0.680. The Kier molecular flexibility index (Phi) is 26.2. The van der Waals surface area contributed by atoms with Gasteiger partial charge in [0, 0.05) is 44.1 Å². The van der Waals surface area contributed by atoms with Crippen molar-refractivity contribution < 1.29 is 79.6 Å². The first-order chi connectivity index (χ1) is 32.6. The first-order valence-electron chi connectivity index (χ1n) is 24.2. The number of aliphatic hydroxyl groups excluding tert-OH is 9. The van der Waals surface area contributed by atoms with Gasteiger partial charge >= 0.3 is 12.0 Å². The van der Waals surface area contributed by atoms with Crippen molar-refractivity contribution in [2.75, 3.05) is 6.54 Å². The minimum atomic E-state index is -2.24. The minimum absolute atomic E-state index is 0.0896. The highest BCUT2D eigenvalue weighted by molar-refractivity contribution is 5.74. The lowest BCUT2D eigenvalue weighted by molar-refractivity contribution is -0.303. The highest BCUT2D eigenvalue weighted by Crippen LogP contribution is 2.35. The zero-order valence-electron chi connectivity index (χ0n) is 40.5. The van der Waals surface area contributed by atoms with E-state index in [0.29, 0.717) is 13.0 Å². The zero-order valence-corrected chi connectivity index (χ0v) is 40.5. The van der Waals surface area contributed by atoms with Gasteiger partial charge in [0.05, 0.1) is 85.6 Å². The Labute approximate surface area is 406 Å². The largest absolute Gasteiger partial charge is 0.462 e. The summed E-state index contributed by atoms with van der Waals surface area (Å²) in [5.41, 5.74) is 6.10. The van der Waals surface area contributed by atoms with Gasteiger partial charge in [-0.05, 0) is 39.5 Å². The highest BCUT2D eigenvalue weighted by Gasteiger charge is 2.49. The van der Waals surface area contributed by atoms with E-state index in [0.717, 1.165) is 0 Å². The lowest BCUT2D eigenvalue weighted by Gasteiger charge is -2.46. The van der Waals surface area contributed by atoms with Crippen LogP contribution in [0.3, 0.4) is 0 Å². The highest BCUT2D eigenvalue weighted by atomic mass is 16.7. The molecule has 0 aromatic carbocycles. The SMILES string of the molecule is CCCNC(=O)N[C@H]1C2C[C@@H](OC3OC(C)C(O)C(N)C3O)/C=C/C=C/C=C/C=C/C=C/C=C/C=C/[C@H](C)[C@@H](O)[C@@H](C)[C@H](C)OC(=O)C[C@H](O)C[C@H](O)CC[C@@H](O)[C@H](O)C[C@H](O)C[C@](O)(C[C@@H]1O)O2. The molecule has 0 radical (unpaired) electrons. The molecule has 0 saturated carbocycles. The van der Waals surface area contributed by atoms with E-state index in [1.54, 1.807) is 63.3 Å². The summed E-state index contributed by atoms with van der Waals surface area (Å²) in [6.45, 7) is 8.99. The molecule has 2 bridgehead atoms. The lowest BCUT2D eigenvalue weighted by atomic mass is 9.87. The van der Waals surface area contributed by atoms with Gasteiger partial charge in [-0.1, -0.05) is 106 Å². The van der Waals surface area contributed by atoms with Gasteiger partial charge < -0.3 is 86.4 Å². The third-order valence-electron chi connectivity index (χ3n) is 12.6. The van der Waals surface area contributed by atoms with Gasteiger partial charge in [-0.3, -0.25) is 4.79 Å². The quantitative estimate of drug-likeness (QED) is 0.172. The molecule has 0 aromatic rings. The Balaban J connectivity index is 1.91. The Morgan fingerprint density at radius 1 is 0.710 bits per heavy atom. The van der Waals surface area contributed by atoms with Crippen LogP contribution in [0.1, 0.15) is 92.4 Å². The number of nitrogens with two attached hydrogens (primary N) is 1. The van der Waals surface area contributed by atoms with Gasteiger partial charge in [0.25, 0.3) is 0 Å². The van der Waals surface area contributed by atoms with Gasteiger partial charge in [-0.15, -0.1) is 0 Å². The normalized spacial score (nSPS) is 43.4. The second kappa shape index (κ2) is 30.3. The van der Waals surface area contributed by atoms with Crippen molar-refractivity contribution in [3.8, 4) is 0 Å². The topological polar surface area (TPSA) is 323 Å². The number of hydrogen-bond donors (Lipinski definition) is 13. The molecule has 2 saturated heterocycles. The number of cyclic esters (lactones) is 1. The molecule has 3 heterocycles. The molecule has 3 aliphatic rings. The van der Waals surface area contributed by atoms with Crippen LogP contribution in [0.5, 0.6) is 0 Å². The Morgan fingerprint density at radius 3 is 1.91 bits per heavy atom. The molecule has 0 spiro atoms. The third kappa shape index (κ3) is 20.9. The summed E-state index contributed by atoms with van der Waals surface area (Å²) in [6.07, 6.45) is 5.86. The molecule has 14 N–H and O–H groups in total. The van der Waals surface area contributed by atoms with E-state index in [2.05, 4.69) is 10.6 Å². The number of rotatable bonds is 5.